The third-order valence-electron chi connectivity index (χ3n) is 3.61. The fourth-order valence-corrected chi connectivity index (χ4v) is 2.57. The van der Waals surface area contributed by atoms with Gasteiger partial charge in [0.05, 0.1) is 6.21 Å². The van der Waals surface area contributed by atoms with E-state index in [-0.39, 0.29) is 0 Å². The summed E-state index contributed by atoms with van der Waals surface area (Å²) in [5.41, 5.74) is 4.29. The van der Waals surface area contributed by atoms with Gasteiger partial charge in [-0.25, -0.2) is 5.10 Å². The molecule has 120 valence electrons. The Kier molecular flexibility index (Phi) is 4.82. The van der Waals surface area contributed by atoms with Crippen molar-refractivity contribution in [3.05, 3.63) is 76.1 Å². The van der Waals surface area contributed by atoms with Crippen LogP contribution in [0.3, 0.4) is 0 Å². The predicted octanol–water partition coefficient (Wildman–Crippen LogP) is 4.85. The molecule has 24 heavy (non-hydrogen) atoms. The van der Waals surface area contributed by atoms with Crippen LogP contribution in [0, 0.1) is 11.7 Å². The van der Waals surface area contributed by atoms with Crippen molar-refractivity contribution >= 4 is 24.5 Å². The summed E-state index contributed by atoms with van der Waals surface area (Å²) in [7, 11) is 0. The number of allylic oxidation sites excluding steroid dienone is 1. The van der Waals surface area contributed by atoms with Gasteiger partial charge in [0, 0.05) is 5.56 Å². The Bertz CT molecular complexity index is 949. The van der Waals surface area contributed by atoms with Gasteiger partial charge >= 0.3 is 0 Å². The summed E-state index contributed by atoms with van der Waals surface area (Å²) >= 11 is 5.31. The number of hydrogen-bond donors (Lipinski definition) is 1. The molecule has 0 unspecified atom stereocenters. The Morgan fingerprint density at radius 2 is 1.83 bits per heavy atom. The number of benzene rings is 2. The first-order chi connectivity index (χ1) is 11.6. The summed E-state index contributed by atoms with van der Waals surface area (Å²) in [6.07, 6.45) is 3.86. The standard InChI is InChI=1S/C19H18N4S/c1-14(12-16-9-4-3-5-10-16)13-20-23-18(21-22-19(23)24)17-11-7-6-8-15(17)2/h3-13H,1-2H3,(H,22,24)/b14-12+,20-13+. The number of H-pyrrole nitrogens is 1. The Morgan fingerprint density at radius 1 is 1.12 bits per heavy atom. The molecule has 0 fully saturated rings. The fourth-order valence-electron chi connectivity index (χ4n) is 2.40. The summed E-state index contributed by atoms with van der Waals surface area (Å²) in [5.74, 6) is 0.710. The van der Waals surface area contributed by atoms with Crippen molar-refractivity contribution < 1.29 is 0 Å². The number of aromatic nitrogens is 3. The van der Waals surface area contributed by atoms with Gasteiger partial charge in [-0.15, -0.1) is 0 Å². The van der Waals surface area contributed by atoms with Crippen molar-refractivity contribution in [1.82, 2.24) is 14.9 Å². The van der Waals surface area contributed by atoms with Crippen LogP contribution in [0.25, 0.3) is 17.5 Å². The molecule has 0 spiro atoms. The number of nitrogens with zero attached hydrogens (tertiary/aromatic N) is 3. The lowest BCUT2D eigenvalue weighted by molar-refractivity contribution is 0.870. The average molecular weight is 334 g/mol. The molecule has 0 saturated heterocycles. The molecule has 4 nitrogen and oxygen atoms in total. The lowest BCUT2D eigenvalue weighted by Gasteiger charge is -2.04. The van der Waals surface area contributed by atoms with Crippen LogP contribution in [0.4, 0.5) is 0 Å². The van der Waals surface area contributed by atoms with Gasteiger partial charge in [0.25, 0.3) is 0 Å². The van der Waals surface area contributed by atoms with Crippen LogP contribution < -0.4 is 0 Å². The SMILES string of the molecule is CC(/C=N/n1c(-c2ccccc2C)n[nH]c1=S)=C\c1ccccc1. The molecule has 0 saturated carbocycles. The van der Waals surface area contributed by atoms with E-state index in [0.29, 0.717) is 10.6 Å². The molecule has 1 heterocycles. The summed E-state index contributed by atoms with van der Waals surface area (Å²) in [6, 6.07) is 18.2. The van der Waals surface area contributed by atoms with Crippen LogP contribution in [0.1, 0.15) is 18.1 Å². The van der Waals surface area contributed by atoms with Gasteiger partial charge in [-0.05, 0) is 42.8 Å². The van der Waals surface area contributed by atoms with Crippen LogP contribution in [0.2, 0.25) is 0 Å². The second-order valence-corrected chi connectivity index (χ2v) is 5.91. The minimum atomic E-state index is 0.469. The lowest BCUT2D eigenvalue weighted by atomic mass is 10.1. The molecule has 5 heteroatoms. The highest BCUT2D eigenvalue weighted by Crippen LogP contribution is 2.21. The zero-order valence-electron chi connectivity index (χ0n) is 13.6. The highest BCUT2D eigenvalue weighted by molar-refractivity contribution is 7.71. The van der Waals surface area contributed by atoms with Crippen molar-refractivity contribution in [1.29, 1.82) is 0 Å². The highest BCUT2D eigenvalue weighted by atomic mass is 32.1. The van der Waals surface area contributed by atoms with E-state index in [1.807, 2.05) is 56.3 Å². The molecule has 1 N–H and O–H groups in total. The average Bonchev–Trinajstić information content (AvgIpc) is 2.95. The van der Waals surface area contributed by atoms with Crippen LogP contribution in [0.15, 0.2) is 65.3 Å². The molecule has 0 amide bonds. The maximum Gasteiger partial charge on any atom is 0.216 e. The molecule has 2 aromatic carbocycles. The molecule has 0 bridgehead atoms. The van der Waals surface area contributed by atoms with Gasteiger partial charge in [0.2, 0.25) is 4.77 Å². The monoisotopic (exact) mass is 334 g/mol. The summed E-state index contributed by atoms with van der Waals surface area (Å²) in [5, 5.41) is 11.6. The zero-order valence-corrected chi connectivity index (χ0v) is 14.4. The maximum absolute atomic E-state index is 5.31. The Morgan fingerprint density at radius 3 is 2.58 bits per heavy atom. The van der Waals surface area contributed by atoms with Crippen molar-refractivity contribution in [2.24, 2.45) is 5.10 Å². The van der Waals surface area contributed by atoms with E-state index < -0.39 is 0 Å². The summed E-state index contributed by atoms with van der Waals surface area (Å²) in [4.78, 5) is 0. The van der Waals surface area contributed by atoms with E-state index in [1.54, 1.807) is 10.9 Å². The number of nitrogens with one attached hydrogen (secondary N) is 1. The molecule has 1 aromatic heterocycles. The van der Waals surface area contributed by atoms with Crippen LogP contribution >= 0.6 is 12.2 Å². The van der Waals surface area contributed by atoms with Crippen molar-refractivity contribution in [2.75, 3.05) is 0 Å². The van der Waals surface area contributed by atoms with Gasteiger partial charge in [-0.1, -0.05) is 60.7 Å². The Hall–Kier alpha value is -2.79. The Labute approximate surface area is 146 Å². The first kappa shape index (κ1) is 16.1. The van der Waals surface area contributed by atoms with E-state index in [1.165, 1.54) is 0 Å². The topological polar surface area (TPSA) is 46.0 Å². The number of hydrogen-bond acceptors (Lipinski definition) is 3. The molecule has 3 rings (SSSR count). The van der Waals surface area contributed by atoms with Crippen molar-refractivity contribution in [3.63, 3.8) is 0 Å². The smallest absolute Gasteiger partial charge is 0.216 e. The fraction of sp³-hybridized carbons (Fsp3) is 0.105. The van der Waals surface area contributed by atoms with E-state index in [2.05, 4.69) is 33.5 Å². The van der Waals surface area contributed by atoms with E-state index in [4.69, 9.17) is 12.2 Å². The lowest BCUT2D eigenvalue weighted by Crippen LogP contribution is -1.96. The van der Waals surface area contributed by atoms with E-state index >= 15 is 0 Å². The van der Waals surface area contributed by atoms with Gasteiger partial charge in [0.15, 0.2) is 5.82 Å². The third kappa shape index (κ3) is 3.58. The number of aryl methyl sites for hydroxylation is 1. The van der Waals surface area contributed by atoms with E-state index in [0.717, 1.165) is 22.3 Å². The van der Waals surface area contributed by atoms with Gasteiger partial charge in [-0.2, -0.15) is 14.9 Å². The second-order valence-electron chi connectivity index (χ2n) is 5.52. The summed E-state index contributed by atoms with van der Waals surface area (Å²) < 4.78 is 2.12. The maximum atomic E-state index is 5.31. The first-order valence-corrected chi connectivity index (χ1v) is 8.07. The number of aromatic amines is 1. The van der Waals surface area contributed by atoms with Crippen LogP contribution in [-0.2, 0) is 0 Å². The van der Waals surface area contributed by atoms with Gasteiger partial charge in [-0.3, -0.25) is 0 Å². The summed E-state index contributed by atoms with van der Waals surface area (Å²) in [6.45, 7) is 4.05. The molecule has 3 aromatic rings. The Balaban J connectivity index is 1.94. The normalized spacial score (nSPS) is 12.0. The van der Waals surface area contributed by atoms with Crippen molar-refractivity contribution in [2.45, 2.75) is 13.8 Å². The molecule has 0 aliphatic carbocycles. The number of rotatable bonds is 4. The predicted molar refractivity (Wildman–Crippen MR) is 102 cm³/mol. The molecular weight excluding hydrogens is 316 g/mol. The largest absolute Gasteiger partial charge is 0.250 e. The minimum Gasteiger partial charge on any atom is -0.250 e. The molecule has 0 atom stereocenters. The van der Waals surface area contributed by atoms with Crippen LogP contribution in [-0.4, -0.2) is 21.1 Å². The second kappa shape index (κ2) is 7.19. The molecular formula is C19H18N4S. The third-order valence-corrected chi connectivity index (χ3v) is 3.87. The van der Waals surface area contributed by atoms with Crippen molar-refractivity contribution in [3.8, 4) is 11.4 Å². The zero-order chi connectivity index (χ0) is 16.9. The molecule has 0 aliphatic heterocycles. The van der Waals surface area contributed by atoms with Gasteiger partial charge in [0.1, 0.15) is 0 Å². The first-order valence-electron chi connectivity index (χ1n) is 7.66. The van der Waals surface area contributed by atoms with Gasteiger partial charge < -0.3 is 0 Å². The highest BCUT2D eigenvalue weighted by Gasteiger charge is 2.09. The molecule has 0 radical (unpaired) electrons. The van der Waals surface area contributed by atoms with Crippen LogP contribution in [0.5, 0.6) is 0 Å². The quantitative estimate of drug-likeness (QED) is 0.547. The minimum absolute atomic E-state index is 0.469. The molecule has 0 aliphatic rings. The van der Waals surface area contributed by atoms with E-state index in [9.17, 15) is 0 Å².